The first kappa shape index (κ1) is 14.5. The first-order valence-electron chi connectivity index (χ1n) is 6.60. The standard InChI is InChI=1S/C15H18N2O2S/c1-11(12-5-3-2-4-6-12)7-8-16-15-17-13(10-20-15)9-14(18)19/h2-6,10-11H,7-9H2,1H3,(H,16,17)(H,18,19). The number of carboxylic acid groups (broad SMARTS) is 1. The summed E-state index contributed by atoms with van der Waals surface area (Å²) in [6.45, 7) is 3.03. The van der Waals surface area contributed by atoms with Crippen LogP contribution in [0.25, 0.3) is 0 Å². The topological polar surface area (TPSA) is 62.2 Å². The van der Waals surface area contributed by atoms with Gasteiger partial charge in [-0.1, -0.05) is 37.3 Å². The number of anilines is 1. The summed E-state index contributed by atoms with van der Waals surface area (Å²) in [6.07, 6.45) is 0.996. The number of nitrogens with one attached hydrogen (secondary N) is 1. The molecule has 0 saturated heterocycles. The maximum absolute atomic E-state index is 10.6. The summed E-state index contributed by atoms with van der Waals surface area (Å²) in [5, 5.41) is 14.5. The molecule has 0 radical (unpaired) electrons. The predicted octanol–water partition coefficient (Wildman–Crippen LogP) is 3.38. The second-order valence-corrected chi connectivity index (χ2v) is 5.60. The minimum Gasteiger partial charge on any atom is -0.481 e. The van der Waals surface area contributed by atoms with Gasteiger partial charge in [-0.15, -0.1) is 11.3 Å². The van der Waals surface area contributed by atoms with Gasteiger partial charge in [-0.3, -0.25) is 4.79 Å². The molecule has 4 nitrogen and oxygen atoms in total. The molecule has 1 atom stereocenters. The number of aromatic nitrogens is 1. The number of benzene rings is 1. The number of aliphatic carboxylic acids is 1. The molecule has 1 heterocycles. The molecular formula is C15H18N2O2S. The molecule has 2 N–H and O–H groups in total. The molecule has 1 aromatic carbocycles. The van der Waals surface area contributed by atoms with Crippen LogP contribution in [0.4, 0.5) is 5.13 Å². The summed E-state index contributed by atoms with van der Waals surface area (Å²) in [4.78, 5) is 14.8. The summed E-state index contributed by atoms with van der Waals surface area (Å²) < 4.78 is 0. The molecule has 0 fully saturated rings. The zero-order valence-corrected chi connectivity index (χ0v) is 12.2. The van der Waals surface area contributed by atoms with Crippen LogP contribution in [0.15, 0.2) is 35.7 Å². The van der Waals surface area contributed by atoms with Crippen molar-refractivity contribution in [1.29, 1.82) is 0 Å². The average molecular weight is 290 g/mol. The van der Waals surface area contributed by atoms with Gasteiger partial charge in [0.2, 0.25) is 0 Å². The Hall–Kier alpha value is -1.88. The van der Waals surface area contributed by atoms with E-state index in [2.05, 4.69) is 41.5 Å². The maximum atomic E-state index is 10.6. The van der Waals surface area contributed by atoms with Gasteiger partial charge in [-0.2, -0.15) is 0 Å². The summed E-state index contributed by atoms with van der Waals surface area (Å²) in [7, 11) is 0. The van der Waals surface area contributed by atoms with E-state index < -0.39 is 5.97 Å². The molecule has 0 amide bonds. The van der Waals surface area contributed by atoms with Crippen LogP contribution >= 0.6 is 11.3 Å². The number of carbonyl (C=O) groups is 1. The van der Waals surface area contributed by atoms with E-state index in [0.717, 1.165) is 18.1 Å². The number of rotatable bonds is 7. The van der Waals surface area contributed by atoms with Crippen molar-refractivity contribution in [2.75, 3.05) is 11.9 Å². The Morgan fingerprint density at radius 2 is 2.15 bits per heavy atom. The van der Waals surface area contributed by atoms with E-state index in [1.165, 1.54) is 16.9 Å². The fraction of sp³-hybridized carbons (Fsp3) is 0.333. The summed E-state index contributed by atoms with van der Waals surface area (Å²) >= 11 is 1.45. The average Bonchev–Trinajstić information content (AvgIpc) is 2.86. The van der Waals surface area contributed by atoms with Crippen LogP contribution in [-0.2, 0) is 11.2 Å². The SMILES string of the molecule is CC(CCNc1nc(CC(=O)O)cs1)c1ccccc1. The second kappa shape index (κ2) is 7.05. The highest BCUT2D eigenvalue weighted by molar-refractivity contribution is 7.13. The molecule has 0 aliphatic rings. The minimum absolute atomic E-state index is 0.0153. The van der Waals surface area contributed by atoms with Crippen molar-refractivity contribution in [2.45, 2.75) is 25.7 Å². The Balaban J connectivity index is 1.78. The lowest BCUT2D eigenvalue weighted by molar-refractivity contribution is -0.136. The molecule has 2 rings (SSSR count). The van der Waals surface area contributed by atoms with Crippen LogP contribution < -0.4 is 5.32 Å². The zero-order valence-electron chi connectivity index (χ0n) is 11.4. The van der Waals surface area contributed by atoms with Gasteiger partial charge in [-0.05, 0) is 17.9 Å². The molecule has 0 saturated carbocycles. The van der Waals surface area contributed by atoms with Crippen LogP contribution in [0.2, 0.25) is 0 Å². The number of hydrogen-bond donors (Lipinski definition) is 2. The Kier molecular flexibility index (Phi) is 5.12. The quantitative estimate of drug-likeness (QED) is 0.820. The van der Waals surface area contributed by atoms with Crippen molar-refractivity contribution in [1.82, 2.24) is 4.98 Å². The lowest BCUT2D eigenvalue weighted by atomic mass is 9.98. The highest BCUT2D eigenvalue weighted by atomic mass is 32.1. The Morgan fingerprint density at radius 1 is 1.40 bits per heavy atom. The Morgan fingerprint density at radius 3 is 2.85 bits per heavy atom. The molecular weight excluding hydrogens is 272 g/mol. The Bertz CT molecular complexity index is 554. The normalized spacial score (nSPS) is 12.1. The molecule has 1 unspecified atom stereocenters. The first-order valence-corrected chi connectivity index (χ1v) is 7.48. The minimum atomic E-state index is -0.848. The lowest BCUT2D eigenvalue weighted by Crippen LogP contribution is -2.06. The molecule has 0 aliphatic carbocycles. The molecule has 5 heteroatoms. The molecule has 20 heavy (non-hydrogen) atoms. The van der Waals surface area contributed by atoms with E-state index >= 15 is 0 Å². The van der Waals surface area contributed by atoms with Gasteiger partial charge >= 0.3 is 5.97 Å². The first-order chi connectivity index (χ1) is 9.65. The molecule has 2 aromatic rings. The highest BCUT2D eigenvalue weighted by Crippen LogP contribution is 2.20. The van der Waals surface area contributed by atoms with Gasteiger partial charge in [0.1, 0.15) is 0 Å². The lowest BCUT2D eigenvalue weighted by Gasteiger charge is -2.11. The molecule has 0 spiro atoms. The van der Waals surface area contributed by atoms with Crippen molar-refractivity contribution in [3.05, 3.63) is 47.0 Å². The monoisotopic (exact) mass is 290 g/mol. The number of nitrogens with zero attached hydrogens (tertiary/aromatic N) is 1. The largest absolute Gasteiger partial charge is 0.481 e. The van der Waals surface area contributed by atoms with E-state index in [-0.39, 0.29) is 6.42 Å². The van der Waals surface area contributed by atoms with Crippen LogP contribution in [-0.4, -0.2) is 22.6 Å². The van der Waals surface area contributed by atoms with E-state index in [0.29, 0.717) is 11.6 Å². The number of carboxylic acids is 1. The fourth-order valence-corrected chi connectivity index (χ4v) is 2.71. The molecule has 0 aliphatic heterocycles. The summed E-state index contributed by atoms with van der Waals surface area (Å²) in [6, 6.07) is 10.4. The van der Waals surface area contributed by atoms with E-state index in [1.54, 1.807) is 5.38 Å². The van der Waals surface area contributed by atoms with Crippen molar-refractivity contribution < 1.29 is 9.90 Å². The smallest absolute Gasteiger partial charge is 0.309 e. The van der Waals surface area contributed by atoms with Gasteiger partial charge in [0.05, 0.1) is 12.1 Å². The van der Waals surface area contributed by atoms with Crippen LogP contribution in [0.1, 0.15) is 30.5 Å². The molecule has 0 bridgehead atoms. The zero-order chi connectivity index (χ0) is 14.4. The van der Waals surface area contributed by atoms with Crippen LogP contribution in [0, 0.1) is 0 Å². The third-order valence-electron chi connectivity index (χ3n) is 3.11. The van der Waals surface area contributed by atoms with Crippen LogP contribution in [0.5, 0.6) is 0 Å². The summed E-state index contributed by atoms with van der Waals surface area (Å²) in [5.74, 6) is -0.360. The van der Waals surface area contributed by atoms with E-state index in [9.17, 15) is 4.79 Å². The van der Waals surface area contributed by atoms with Crippen molar-refractivity contribution >= 4 is 22.4 Å². The molecule has 1 aromatic heterocycles. The maximum Gasteiger partial charge on any atom is 0.309 e. The third kappa shape index (κ3) is 4.35. The number of thiazole rings is 1. The van der Waals surface area contributed by atoms with Crippen molar-refractivity contribution in [3.8, 4) is 0 Å². The summed E-state index contributed by atoms with van der Waals surface area (Å²) in [5.41, 5.74) is 1.95. The highest BCUT2D eigenvalue weighted by Gasteiger charge is 2.07. The van der Waals surface area contributed by atoms with Gasteiger partial charge in [-0.25, -0.2) is 4.98 Å². The van der Waals surface area contributed by atoms with Gasteiger partial charge < -0.3 is 10.4 Å². The van der Waals surface area contributed by atoms with Gasteiger partial charge in [0, 0.05) is 11.9 Å². The van der Waals surface area contributed by atoms with Gasteiger partial charge in [0.25, 0.3) is 0 Å². The predicted molar refractivity (Wildman–Crippen MR) is 81.4 cm³/mol. The van der Waals surface area contributed by atoms with Crippen LogP contribution in [0.3, 0.4) is 0 Å². The van der Waals surface area contributed by atoms with Crippen molar-refractivity contribution in [2.24, 2.45) is 0 Å². The van der Waals surface area contributed by atoms with Gasteiger partial charge in [0.15, 0.2) is 5.13 Å². The van der Waals surface area contributed by atoms with E-state index in [1.807, 2.05) is 6.07 Å². The van der Waals surface area contributed by atoms with Crippen molar-refractivity contribution in [3.63, 3.8) is 0 Å². The third-order valence-corrected chi connectivity index (χ3v) is 3.96. The Labute approximate surface area is 122 Å². The molecule has 106 valence electrons. The second-order valence-electron chi connectivity index (χ2n) is 4.74. The van der Waals surface area contributed by atoms with E-state index in [4.69, 9.17) is 5.11 Å². The number of hydrogen-bond acceptors (Lipinski definition) is 4. The fourth-order valence-electron chi connectivity index (χ4n) is 1.97.